The third-order valence-corrected chi connectivity index (χ3v) is 2.69. The molecule has 76 valence electrons. The Morgan fingerprint density at radius 2 is 2.21 bits per heavy atom. The van der Waals surface area contributed by atoms with E-state index in [-0.39, 0.29) is 6.04 Å². The van der Waals surface area contributed by atoms with Crippen LogP contribution in [0.15, 0.2) is 34.8 Å². The lowest BCUT2D eigenvalue weighted by Gasteiger charge is -2.14. The van der Waals surface area contributed by atoms with Crippen molar-refractivity contribution in [3.63, 3.8) is 0 Å². The monoisotopic (exact) mass is 253 g/mol. The summed E-state index contributed by atoms with van der Waals surface area (Å²) in [6.45, 7) is 7.97. The van der Waals surface area contributed by atoms with E-state index in [1.54, 1.807) is 0 Å². The SMILES string of the molecule is C=C(C)CC(N)c1ccc(Br)cc1C. The highest BCUT2D eigenvalue weighted by Crippen LogP contribution is 2.23. The van der Waals surface area contributed by atoms with Gasteiger partial charge in [0.05, 0.1) is 0 Å². The van der Waals surface area contributed by atoms with Crippen LogP contribution in [0.1, 0.15) is 30.5 Å². The van der Waals surface area contributed by atoms with E-state index < -0.39 is 0 Å². The van der Waals surface area contributed by atoms with Crippen molar-refractivity contribution in [2.45, 2.75) is 26.3 Å². The number of rotatable bonds is 3. The Kier molecular flexibility index (Phi) is 3.90. The molecular formula is C12H16BrN. The van der Waals surface area contributed by atoms with E-state index >= 15 is 0 Å². The van der Waals surface area contributed by atoms with Gasteiger partial charge >= 0.3 is 0 Å². The summed E-state index contributed by atoms with van der Waals surface area (Å²) in [5, 5.41) is 0. The lowest BCUT2D eigenvalue weighted by Crippen LogP contribution is -2.11. The molecule has 0 radical (unpaired) electrons. The fourth-order valence-electron chi connectivity index (χ4n) is 1.54. The van der Waals surface area contributed by atoms with Gasteiger partial charge in [0.15, 0.2) is 0 Å². The molecule has 0 aliphatic rings. The number of nitrogens with two attached hydrogens (primary N) is 1. The van der Waals surface area contributed by atoms with Gasteiger partial charge in [0.1, 0.15) is 0 Å². The van der Waals surface area contributed by atoms with Crippen molar-refractivity contribution in [2.75, 3.05) is 0 Å². The predicted octanol–water partition coefficient (Wildman–Crippen LogP) is 3.72. The summed E-state index contributed by atoms with van der Waals surface area (Å²) < 4.78 is 1.10. The van der Waals surface area contributed by atoms with Crippen LogP contribution in [0.25, 0.3) is 0 Å². The van der Waals surface area contributed by atoms with E-state index in [4.69, 9.17) is 5.73 Å². The second-order valence-corrected chi connectivity index (χ2v) is 4.68. The van der Waals surface area contributed by atoms with Gasteiger partial charge < -0.3 is 5.73 Å². The van der Waals surface area contributed by atoms with Crippen molar-refractivity contribution in [1.82, 2.24) is 0 Å². The Morgan fingerprint density at radius 1 is 1.57 bits per heavy atom. The molecule has 0 aliphatic carbocycles. The van der Waals surface area contributed by atoms with Crippen LogP contribution in [0.5, 0.6) is 0 Å². The summed E-state index contributed by atoms with van der Waals surface area (Å²) in [5.74, 6) is 0. The molecule has 2 N–H and O–H groups in total. The summed E-state index contributed by atoms with van der Waals surface area (Å²) in [6.07, 6.45) is 0.850. The zero-order chi connectivity index (χ0) is 10.7. The first-order valence-corrected chi connectivity index (χ1v) is 5.46. The standard InChI is InChI=1S/C12H16BrN/c1-8(2)6-12(14)11-5-4-10(13)7-9(11)3/h4-5,7,12H,1,6,14H2,2-3H3. The van der Waals surface area contributed by atoms with Gasteiger partial charge in [0, 0.05) is 10.5 Å². The van der Waals surface area contributed by atoms with E-state index in [0.717, 1.165) is 16.5 Å². The van der Waals surface area contributed by atoms with Gasteiger partial charge in [-0.05, 0) is 43.5 Å². The predicted molar refractivity (Wildman–Crippen MR) is 65.2 cm³/mol. The average Bonchev–Trinajstić information content (AvgIpc) is 2.01. The van der Waals surface area contributed by atoms with Crippen LogP contribution in [0.4, 0.5) is 0 Å². The zero-order valence-electron chi connectivity index (χ0n) is 8.68. The quantitative estimate of drug-likeness (QED) is 0.817. The van der Waals surface area contributed by atoms with Crippen molar-refractivity contribution in [1.29, 1.82) is 0 Å². The van der Waals surface area contributed by atoms with E-state index in [0.29, 0.717) is 0 Å². The number of hydrogen-bond acceptors (Lipinski definition) is 1. The van der Waals surface area contributed by atoms with Gasteiger partial charge in [-0.1, -0.05) is 27.6 Å². The number of halogens is 1. The van der Waals surface area contributed by atoms with Crippen LogP contribution in [-0.2, 0) is 0 Å². The van der Waals surface area contributed by atoms with E-state index in [2.05, 4.69) is 41.6 Å². The first kappa shape index (κ1) is 11.5. The van der Waals surface area contributed by atoms with Gasteiger partial charge in [-0.2, -0.15) is 0 Å². The fourth-order valence-corrected chi connectivity index (χ4v) is 2.02. The summed E-state index contributed by atoms with van der Waals surface area (Å²) in [4.78, 5) is 0. The largest absolute Gasteiger partial charge is 0.324 e. The van der Waals surface area contributed by atoms with Crippen molar-refractivity contribution < 1.29 is 0 Å². The highest BCUT2D eigenvalue weighted by atomic mass is 79.9. The van der Waals surface area contributed by atoms with Crippen LogP contribution in [0.2, 0.25) is 0 Å². The third kappa shape index (κ3) is 2.96. The summed E-state index contributed by atoms with van der Waals surface area (Å²) in [7, 11) is 0. The Bertz CT molecular complexity index is 344. The number of hydrogen-bond donors (Lipinski definition) is 1. The molecule has 0 spiro atoms. The lowest BCUT2D eigenvalue weighted by atomic mass is 9.97. The first-order valence-electron chi connectivity index (χ1n) is 4.66. The van der Waals surface area contributed by atoms with E-state index in [1.807, 2.05) is 13.0 Å². The minimum atomic E-state index is 0.0700. The third-order valence-electron chi connectivity index (χ3n) is 2.20. The molecule has 0 bridgehead atoms. The molecule has 1 atom stereocenters. The molecule has 1 aromatic rings. The molecule has 0 aromatic heterocycles. The van der Waals surface area contributed by atoms with Crippen LogP contribution in [-0.4, -0.2) is 0 Å². The average molecular weight is 254 g/mol. The Hall–Kier alpha value is -0.600. The Labute approximate surface area is 94.1 Å². The second-order valence-electron chi connectivity index (χ2n) is 3.77. The van der Waals surface area contributed by atoms with Gasteiger partial charge in [-0.15, -0.1) is 6.58 Å². The molecule has 2 heteroatoms. The molecular weight excluding hydrogens is 238 g/mol. The van der Waals surface area contributed by atoms with Gasteiger partial charge in [-0.25, -0.2) is 0 Å². The topological polar surface area (TPSA) is 26.0 Å². The molecule has 0 fully saturated rings. The second kappa shape index (κ2) is 4.76. The maximum atomic E-state index is 6.07. The zero-order valence-corrected chi connectivity index (χ0v) is 10.3. The van der Waals surface area contributed by atoms with Crippen molar-refractivity contribution in [3.05, 3.63) is 46.0 Å². The van der Waals surface area contributed by atoms with Crippen molar-refractivity contribution in [2.24, 2.45) is 5.73 Å². The molecule has 14 heavy (non-hydrogen) atoms. The molecule has 0 aliphatic heterocycles. The summed E-state index contributed by atoms with van der Waals surface area (Å²) in [6, 6.07) is 6.27. The van der Waals surface area contributed by atoms with Crippen molar-refractivity contribution >= 4 is 15.9 Å². The van der Waals surface area contributed by atoms with Gasteiger partial charge in [0.25, 0.3) is 0 Å². The minimum absolute atomic E-state index is 0.0700. The van der Waals surface area contributed by atoms with Crippen LogP contribution < -0.4 is 5.73 Å². The van der Waals surface area contributed by atoms with E-state index in [1.165, 1.54) is 11.1 Å². The van der Waals surface area contributed by atoms with Gasteiger partial charge in [-0.3, -0.25) is 0 Å². The van der Waals surface area contributed by atoms with Crippen LogP contribution in [0.3, 0.4) is 0 Å². The normalized spacial score (nSPS) is 12.6. The Morgan fingerprint density at radius 3 is 2.71 bits per heavy atom. The fraction of sp³-hybridized carbons (Fsp3) is 0.333. The number of aryl methyl sites for hydroxylation is 1. The molecule has 1 unspecified atom stereocenters. The smallest absolute Gasteiger partial charge is 0.0334 e. The van der Waals surface area contributed by atoms with Crippen molar-refractivity contribution in [3.8, 4) is 0 Å². The molecule has 1 aromatic carbocycles. The molecule has 1 nitrogen and oxygen atoms in total. The summed E-state index contributed by atoms with van der Waals surface area (Å²) in [5.41, 5.74) is 9.63. The Balaban J connectivity index is 2.90. The molecule has 1 rings (SSSR count). The van der Waals surface area contributed by atoms with Gasteiger partial charge in [0.2, 0.25) is 0 Å². The summed E-state index contributed by atoms with van der Waals surface area (Å²) >= 11 is 3.44. The maximum absolute atomic E-state index is 6.07. The van der Waals surface area contributed by atoms with Crippen LogP contribution in [0, 0.1) is 6.92 Å². The molecule has 0 saturated carbocycles. The number of benzene rings is 1. The maximum Gasteiger partial charge on any atom is 0.0334 e. The minimum Gasteiger partial charge on any atom is -0.324 e. The highest BCUT2D eigenvalue weighted by Gasteiger charge is 2.08. The first-order chi connectivity index (χ1) is 6.50. The molecule has 0 amide bonds. The van der Waals surface area contributed by atoms with E-state index in [9.17, 15) is 0 Å². The van der Waals surface area contributed by atoms with Crippen LogP contribution >= 0.6 is 15.9 Å². The molecule has 0 saturated heterocycles. The highest BCUT2D eigenvalue weighted by molar-refractivity contribution is 9.10. The lowest BCUT2D eigenvalue weighted by molar-refractivity contribution is 0.712. The molecule has 0 heterocycles.